The zero-order valence-electron chi connectivity index (χ0n) is 17.8. The van der Waals surface area contributed by atoms with Crippen LogP contribution in [0.15, 0.2) is 41.7 Å². The number of carbonyl (C=O) groups is 1. The van der Waals surface area contributed by atoms with Gasteiger partial charge in [0.15, 0.2) is 0 Å². The third kappa shape index (κ3) is 4.57. The highest BCUT2D eigenvalue weighted by Crippen LogP contribution is 2.33. The van der Waals surface area contributed by atoms with Crippen LogP contribution in [-0.4, -0.2) is 50.1 Å². The van der Waals surface area contributed by atoms with Crippen molar-refractivity contribution in [3.63, 3.8) is 0 Å². The minimum atomic E-state index is -3.05. The SMILES string of the molecule is Cn1ncc2cc(N3CCCC(F)(F)CC3)c(C(=O)Nc3ccnc(S(C)(=N)=O)c3)cc21. The van der Waals surface area contributed by atoms with Gasteiger partial charge < -0.3 is 10.2 Å². The fourth-order valence-corrected chi connectivity index (χ4v) is 4.45. The highest BCUT2D eigenvalue weighted by molar-refractivity contribution is 7.91. The van der Waals surface area contributed by atoms with Crippen LogP contribution >= 0.6 is 0 Å². The number of amides is 1. The molecule has 1 aromatic carbocycles. The van der Waals surface area contributed by atoms with Crippen molar-refractivity contribution < 1.29 is 17.8 Å². The van der Waals surface area contributed by atoms with E-state index in [-0.39, 0.29) is 24.4 Å². The van der Waals surface area contributed by atoms with Gasteiger partial charge in [-0.05, 0) is 30.7 Å². The van der Waals surface area contributed by atoms with Gasteiger partial charge in [-0.2, -0.15) is 5.10 Å². The van der Waals surface area contributed by atoms with Crippen LogP contribution in [0.3, 0.4) is 0 Å². The second kappa shape index (κ2) is 8.12. The van der Waals surface area contributed by atoms with E-state index in [0.717, 1.165) is 10.9 Å². The molecule has 1 atom stereocenters. The van der Waals surface area contributed by atoms with Gasteiger partial charge in [0, 0.05) is 56.5 Å². The van der Waals surface area contributed by atoms with Gasteiger partial charge in [-0.3, -0.25) is 9.48 Å². The molecule has 1 unspecified atom stereocenters. The van der Waals surface area contributed by atoms with E-state index in [1.165, 1.54) is 18.5 Å². The first-order chi connectivity index (χ1) is 15.0. The molecule has 2 aromatic heterocycles. The van der Waals surface area contributed by atoms with Crippen molar-refractivity contribution in [2.75, 3.05) is 29.6 Å². The summed E-state index contributed by atoms with van der Waals surface area (Å²) in [5.74, 6) is -3.16. The largest absolute Gasteiger partial charge is 0.371 e. The predicted molar refractivity (Wildman–Crippen MR) is 119 cm³/mol. The Morgan fingerprint density at radius 3 is 2.78 bits per heavy atom. The number of halogens is 2. The molecule has 3 aromatic rings. The van der Waals surface area contributed by atoms with E-state index in [0.29, 0.717) is 29.9 Å². The fourth-order valence-electron chi connectivity index (χ4n) is 3.83. The number of benzene rings is 1. The number of hydrogen-bond donors (Lipinski definition) is 2. The molecule has 1 amide bonds. The summed E-state index contributed by atoms with van der Waals surface area (Å²) in [5.41, 5.74) is 1.97. The highest BCUT2D eigenvalue weighted by Gasteiger charge is 2.33. The Kier molecular flexibility index (Phi) is 5.61. The van der Waals surface area contributed by atoms with E-state index in [4.69, 9.17) is 4.78 Å². The van der Waals surface area contributed by atoms with E-state index in [2.05, 4.69) is 15.4 Å². The molecule has 2 N–H and O–H groups in total. The number of aromatic nitrogens is 3. The van der Waals surface area contributed by atoms with Gasteiger partial charge >= 0.3 is 0 Å². The number of aryl methyl sites for hydroxylation is 1. The number of hydrogen-bond acceptors (Lipinski definition) is 6. The van der Waals surface area contributed by atoms with Crippen LogP contribution in [0.4, 0.5) is 20.2 Å². The van der Waals surface area contributed by atoms with Crippen LogP contribution < -0.4 is 10.2 Å². The van der Waals surface area contributed by atoms with Crippen molar-refractivity contribution in [3.8, 4) is 0 Å². The number of carbonyl (C=O) groups excluding carboxylic acids is 1. The van der Waals surface area contributed by atoms with Crippen LogP contribution in [0.5, 0.6) is 0 Å². The van der Waals surface area contributed by atoms with E-state index in [9.17, 15) is 17.8 Å². The molecule has 0 radical (unpaired) electrons. The normalized spacial score (nSPS) is 18.2. The Labute approximate surface area is 184 Å². The molecule has 4 rings (SSSR count). The second-order valence-electron chi connectivity index (χ2n) is 8.07. The molecule has 1 aliphatic rings. The molecule has 32 heavy (non-hydrogen) atoms. The third-order valence-electron chi connectivity index (χ3n) is 5.56. The lowest BCUT2D eigenvalue weighted by Gasteiger charge is -2.25. The molecular formula is C21H24F2N6O2S. The van der Waals surface area contributed by atoms with Gasteiger partial charge in [0.05, 0.1) is 32.7 Å². The van der Waals surface area contributed by atoms with Crippen molar-refractivity contribution in [2.45, 2.75) is 30.2 Å². The molecule has 11 heteroatoms. The molecule has 1 saturated heterocycles. The number of rotatable bonds is 4. The summed E-state index contributed by atoms with van der Waals surface area (Å²) >= 11 is 0. The Morgan fingerprint density at radius 1 is 1.25 bits per heavy atom. The lowest BCUT2D eigenvalue weighted by atomic mass is 10.1. The highest BCUT2D eigenvalue weighted by atomic mass is 32.2. The van der Waals surface area contributed by atoms with Gasteiger partial charge in [-0.15, -0.1) is 0 Å². The van der Waals surface area contributed by atoms with Crippen molar-refractivity contribution in [3.05, 3.63) is 42.2 Å². The zero-order valence-corrected chi connectivity index (χ0v) is 18.6. The van der Waals surface area contributed by atoms with Crippen LogP contribution in [0, 0.1) is 4.78 Å². The van der Waals surface area contributed by atoms with Crippen molar-refractivity contribution >= 4 is 37.9 Å². The molecule has 170 valence electrons. The van der Waals surface area contributed by atoms with Crippen molar-refractivity contribution in [2.24, 2.45) is 7.05 Å². The summed E-state index contributed by atoms with van der Waals surface area (Å²) in [4.78, 5) is 19.0. The van der Waals surface area contributed by atoms with Gasteiger partial charge in [-0.1, -0.05) is 0 Å². The van der Waals surface area contributed by atoms with Crippen LogP contribution in [0.1, 0.15) is 29.6 Å². The van der Waals surface area contributed by atoms with E-state index >= 15 is 0 Å². The molecule has 0 aliphatic carbocycles. The van der Waals surface area contributed by atoms with Crippen LogP contribution in [0.2, 0.25) is 0 Å². The molecular weight excluding hydrogens is 438 g/mol. The van der Waals surface area contributed by atoms with Crippen molar-refractivity contribution in [1.82, 2.24) is 14.8 Å². The summed E-state index contributed by atoms with van der Waals surface area (Å²) in [6.45, 7) is 0.549. The minimum absolute atomic E-state index is 0.0624. The predicted octanol–water partition coefficient (Wildman–Crippen LogP) is 3.88. The first kappa shape index (κ1) is 22.1. The van der Waals surface area contributed by atoms with Crippen LogP contribution in [-0.2, 0) is 16.8 Å². The van der Waals surface area contributed by atoms with E-state index in [1.807, 2.05) is 4.90 Å². The average molecular weight is 463 g/mol. The smallest absolute Gasteiger partial charge is 0.257 e. The maximum absolute atomic E-state index is 13.9. The topological polar surface area (TPSA) is 104 Å². The summed E-state index contributed by atoms with van der Waals surface area (Å²) in [5, 5.41) is 7.87. The number of nitrogens with zero attached hydrogens (tertiary/aromatic N) is 4. The summed E-state index contributed by atoms with van der Waals surface area (Å²) in [6.07, 6.45) is 4.18. The number of alkyl halides is 2. The molecule has 3 heterocycles. The monoisotopic (exact) mass is 462 g/mol. The molecule has 0 bridgehead atoms. The first-order valence-corrected chi connectivity index (χ1v) is 12.1. The third-order valence-corrected chi connectivity index (χ3v) is 6.58. The number of pyridine rings is 1. The maximum Gasteiger partial charge on any atom is 0.257 e. The van der Waals surface area contributed by atoms with Gasteiger partial charge in [0.25, 0.3) is 5.91 Å². The molecule has 1 aliphatic heterocycles. The Hall–Kier alpha value is -3.08. The maximum atomic E-state index is 13.9. The summed E-state index contributed by atoms with van der Waals surface area (Å²) < 4.78 is 49.2. The quantitative estimate of drug-likeness (QED) is 0.612. The summed E-state index contributed by atoms with van der Waals surface area (Å²) in [7, 11) is -1.28. The lowest BCUT2D eigenvalue weighted by molar-refractivity contribution is -0.0102. The Morgan fingerprint density at radius 2 is 2.03 bits per heavy atom. The van der Waals surface area contributed by atoms with Gasteiger partial charge in [0.1, 0.15) is 5.03 Å². The summed E-state index contributed by atoms with van der Waals surface area (Å²) in [6, 6.07) is 6.45. The van der Waals surface area contributed by atoms with E-state index < -0.39 is 21.6 Å². The number of nitrogens with one attached hydrogen (secondary N) is 2. The lowest BCUT2D eigenvalue weighted by Crippen LogP contribution is -2.28. The van der Waals surface area contributed by atoms with Gasteiger partial charge in [-0.25, -0.2) is 22.8 Å². The average Bonchev–Trinajstić information content (AvgIpc) is 2.98. The standard InChI is InChI=1S/C21H24F2N6O2S/c1-28-17-12-16(20(30)27-15-4-7-25-19(11-15)32(2,24)31)18(10-14(17)13-26-28)29-8-3-5-21(22,23)6-9-29/h4,7,10-13,24H,3,5-6,8-9H2,1-2H3,(H,25,27,30). The van der Waals surface area contributed by atoms with Crippen molar-refractivity contribution in [1.29, 1.82) is 4.78 Å². The zero-order chi connectivity index (χ0) is 23.1. The van der Waals surface area contributed by atoms with Crippen LogP contribution in [0.25, 0.3) is 10.9 Å². The number of fused-ring (bicyclic) bond motifs is 1. The molecule has 1 fully saturated rings. The van der Waals surface area contributed by atoms with Gasteiger partial charge in [0.2, 0.25) is 5.92 Å². The Bertz CT molecular complexity index is 1290. The number of anilines is 2. The van der Waals surface area contributed by atoms with E-state index in [1.54, 1.807) is 36.1 Å². The molecule has 0 saturated carbocycles. The molecule has 0 spiro atoms. The minimum Gasteiger partial charge on any atom is -0.371 e. The first-order valence-electron chi connectivity index (χ1n) is 10.1. The fraction of sp³-hybridized carbons (Fsp3) is 0.381. The molecule has 8 nitrogen and oxygen atoms in total. The Balaban J connectivity index is 1.73. The second-order valence-corrected chi connectivity index (χ2v) is 10.2.